The average molecular weight is 160 g/mol. The predicted molar refractivity (Wildman–Crippen MR) is 45.9 cm³/mol. The van der Waals surface area contributed by atoms with Crippen LogP contribution in [0.5, 0.6) is 0 Å². The number of thioether (sulfide) groups is 1. The average Bonchev–Trinajstić information content (AvgIpc) is 1.80. The molecule has 50 valence electrons. The highest BCUT2D eigenvalue weighted by atomic mass is 32.2. The molecule has 0 fully saturated rings. The van der Waals surface area contributed by atoms with Crippen molar-refractivity contribution < 1.29 is 0 Å². The summed E-state index contributed by atoms with van der Waals surface area (Å²) in [5.74, 6) is 0. The molecule has 4 heteroatoms. The number of hydrazone groups is 1. The highest BCUT2D eigenvalue weighted by Gasteiger charge is 2.13. The van der Waals surface area contributed by atoms with Crippen LogP contribution in [0.2, 0.25) is 0 Å². The molecule has 2 nitrogen and oxygen atoms in total. The van der Waals surface area contributed by atoms with E-state index in [0.29, 0.717) is 5.25 Å². The second-order valence-corrected chi connectivity index (χ2v) is 3.93. The van der Waals surface area contributed by atoms with Crippen molar-refractivity contribution in [3.63, 3.8) is 0 Å². The van der Waals surface area contributed by atoms with E-state index < -0.39 is 0 Å². The third-order valence-electron chi connectivity index (χ3n) is 1.20. The summed E-state index contributed by atoms with van der Waals surface area (Å²) in [4.78, 5) is 0. The van der Waals surface area contributed by atoms with Crippen molar-refractivity contribution in [1.82, 2.24) is 5.43 Å². The summed E-state index contributed by atoms with van der Waals surface area (Å²) in [6.45, 7) is 4.09. The van der Waals surface area contributed by atoms with Crippen LogP contribution < -0.4 is 5.43 Å². The number of nitrogens with zero attached hydrogens (tertiary/aromatic N) is 1. The number of hydrogen-bond acceptors (Lipinski definition) is 3. The summed E-state index contributed by atoms with van der Waals surface area (Å²) in [7, 11) is 0. The largest absolute Gasteiger partial charge is 0.262 e. The molecule has 0 spiro atoms. The summed E-state index contributed by atoms with van der Waals surface area (Å²) in [5.41, 5.74) is 3.85. The molecule has 9 heavy (non-hydrogen) atoms. The second-order valence-electron chi connectivity index (χ2n) is 1.91. The van der Waals surface area contributed by atoms with Crippen LogP contribution in [0.4, 0.5) is 0 Å². The smallest absolute Gasteiger partial charge is 0.154 e. The SMILES string of the molecule is CC1=NNC(=S)SC1C. The molecule has 1 aliphatic heterocycles. The minimum atomic E-state index is 0.443. The van der Waals surface area contributed by atoms with Gasteiger partial charge in [0.15, 0.2) is 4.32 Å². The molecule has 0 saturated heterocycles. The highest BCUT2D eigenvalue weighted by Crippen LogP contribution is 2.16. The van der Waals surface area contributed by atoms with Crippen LogP contribution >= 0.6 is 24.0 Å². The number of rotatable bonds is 0. The van der Waals surface area contributed by atoms with Crippen molar-refractivity contribution in [2.75, 3.05) is 0 Å². The van der Waals surface area contributed by atoms with Crippen LogP contribution in [-0.2, 0) is 0 Å². The normalized spacial score (nSPS) is 27.1. The fourth-order valence-corrected chi connectivity index (χ4v) is 1.62. The standard InChI is InChI=1S/C5H8N2S2/c1-3-4(2)9-5(8)7-6-3/h4H,1-2H3,(H,7,8). The van der Waals surface area contributed by atoms with E-state index in [-0.39, 0.29) is 0 Å². The molecule has 0 aromatic carbocycles. The first-order valence-corrected chi connectivity index (χ1v) is 4.00. The van der Waals surface area contributed by atoms with Gasteiger partial charge in [-0.25, -0.2) is 0 Å². The first kappa shape index (κ1) is 7.02. The zero-order chi connectivity index (χ0) is 6.85. The van der Waals surface area contributed by atoms with E-state index in [1.54, 1.807) is 11.8 Å². The van der Waals surface area contributed by atoms with Gasteiger partial charge in [-0.15, -0.1) is 0 Å². The Bertz CT molecular complexity index is 164. The molecule has 1 aliphatic rings. The molecule has 1 rings (SSSR count). The number of thiocarbonyl (C=S) groups is 1. The third kappa shape index (κ3) is 1.66. The van der Waals surface area contributed by atoms with Gasteiger partial charge in [0.1, 0.15) is 0 Å². The van der Waals surface area contributed by atoms with Gasteiger partial charge in [-0.3, -0.25) is 5.43 Å². The molecule has 0 aromatic heterocycles. The molecule has 0 radical (unpaired) electrons. The summed E-state index contributed by atoms with van der Waals surface area (Å²) in [5, 5.41) is 4.44. The summed E-state index contributed by atoms with van der Waals surface area (Å²) < 4.78 is 0.771. The lowest BCUT2D eigenvalue weighted by molar-refractivity contribution is 1.02. The van der Waals surface area contributed by atoms with Crippen LogP contribution in [-0.4, -0.2) is 15.3 Å². The Morgan fingerprint density at radius 2 is 2.44 bits per heavy atom. The summed E-state index contributed by atoms with van der Waals surface area (Å²) in [6.07, 6.45) is 0. The van der Waals surface area contributed by atoms with Crippen molar-refractivity contribution >= 4 is 34.0 Å². The molecule has 0 aromatic rings. The molecule has 0 amide bonds. The molecule has 0 bridgehead atoms. The molecule has 0 aliphatic carbocycles. The number of nitrogens with one attached hydrogen (secondary N) is 1. The van der Waals surface area contributed by atoms with Gasteiger partial charge in [0.25, 0.3) is 0 Å². The first-order chi connectivity index (χ1) is 4.20. The lowest BCUT2D eigenvalue weighted by Gasteiger charge is -2.16. The lowest BCUT2D eigenvalue weighted by atomic mass is 10.3. The minimum absolute atomic E-state index is 0.443. The molecule has 1 unspecified atom stereocenters. The van der Waals surface area contributed by atoms with Gasteiger partial charge in [0.05, 0.1) is 0 Å². The molecular weight excluding hydrogens is 152 g/mol. The van der Waals surface area contributed by atoms with Crippen molar-refractivity contribution in [3.8, 4) is 0 Å². The molecular formula is C5H8N2S2. The first-order valence-electron chi connectivity index (χ1n) is 2.71. The van der Waals surface area contributed by atoms with Crippen LogP contribution in [0.3, 0.4) is 0 Å². The Labute approximate surface area is 64.1 Å². The van der Waals surface area contributed by atoms with Crippen molar-refractivity contribution in [2.45, 2.75) is 19.1 Å². The molecule has 0 saturated carbocycles. The van der Waals surface area contributed by atoms with Gasteiger partial charge in [0, 0.05) is 11.0 Å². The van der Waals surface area contributed by atoms with Gasteiger partial charge in [0.2, 0.25) is 0 Å². The quantitative estimate of drug-likeness (QED) is 0.542. The van der Waals surface area contributed by atoms with Crippen LogP contribution in [0.1, 0.15) is 13.8 Å². The van der Waals surface area contributed by atoms with Crippen LogP contribution in [0.25, 0.3) is 0 Å². The van der Waals surface area contributed by atoms with E-state index in [1.807, 2.05) is 6.92 Å². The van der Waals surface area contributed by atoms with E-state index in [9.17, 15) is 0 Å². The van der Waals surface area contributed by atoms with Gasteiger partial charge in [-0.1, -0.05) is 24.0 Å². The Balaban J connectivity index is 2.67. The fraction of sp³-hybridized carbons (Fsp3) is 0.600. The van der Waals surface area contributed by atoms with Gasteiger partial charge < -0.3 is 0 Å². The minimum Gasteiger partial charge on any atom is -0.262 e. The molecule has 1 atom stereocenters. The van der Waals surface area contributed by atoms with E-state index in [1.165, 1.54) is 0 Å². The topological polar surface area (TPSA) is 24.4 Å². The second kappa shape index (κ2) is 2.66. The zero-order valence-electron chi connectivity index (χ0n) is 5.34. The maximum absolute atomic E-state index is 4.88. The van der Waals surface area contributed by atoms with Crippen molar-refractivity contribution in [1.29, 1.82) is 0 Å². The van der Waals surface area contributed by atoms with Gasteiger partial charge in [-0.2, -0.15) is 5.10 Å². The van der Waals surface area contributed by atoms with Crippen LogP contribution in [0.15, 0.2) is 5.10 Å². The maximum atomic E-state index is 4.88. The third-order valence-corrected chi connectivity index (χ3v) is 2.58. The Kier molecular flexibility index (Phi) is 2.08. The monoisotopic (exact) mass is 160 g/mol. The van der Waals surface area contributed by atoms with E-state index in [4.69, 9.17) is 12.2 Å². The summed E-state index contributed by atoms with van der Waals surface area (Å²) >= 11 is 6.52. The summed E-state index contributed by atoms with van der Waals surface area (Å²) in [6, 6.07) is 0. The highest BCUT2D eigenvalue weighted by molar-refractivity contribution is 8.23. The van der Waals surface area contributed by atoms with Crippen molar-refractivity contribution in [3.05, 3.63) is 0 Å². The molecule has 1 heterocycles. The lowest BCUT2D eigenvalue weighted by Crippen LogP contribution is -2.26. The Hall–Kier alpha value is -0.0900. The van der Waals surface area contributed by atoms with E-state index in [0.717, 1.165) is 10.0 Å². The van der Waals surface area contributed by atoms with Crippen molar-refractivity contribution in [2.24, 2.45) is 5.10 Å². The molecule has 1 N–H and O–H groups in total. The van der Waals surface area contributed by atoms with Crippen LogP contribution in [0, 0.1) is 0 Å². The van der Waals surface area contributed by atoms with Gasteiger partial charge in [-0.05, 0) is 13.8 Å². The fourth-order valence-electron chi connectivity index (χ4n) is 0.497. The predicted octanol–water partition coefficient (Wildman–Crippen LogP) is 1.37. The maximum Gasteiger partial charge on any atom is 0.154 e. The Morgan fingerprint density at radius 1 is 1.78 bits per heavy atom. The van der Waals surface area contributed by atoms with E-state index >= 15 is 0 Å². The van der Waals surface area contributed by atoms with E-state index in [2.05, 4.69) is 17.5 Å². The van der Waals surface area contributed by atoms with Gasteiger partial charge >= 0.3 is 0 Å². The zero-order valence-corrected chi connectivity index (χ0v) is 6.97. The Morgan fingerprint density at radius 3 is 2.89 bits per heavy atom. The number of hydrogen-bond donors (Lipinski definition) is 1.